The molecule has 2 amide bonds. The number of aromatic nitrogens is 3. The van der Waals surface area contributed by atoms with Crippen LogP contribution in [0.25, 0.3) is 16.4 Å². The summed E-state index contributed by atoms with van der Waals surface area (Å²) in [5.41, 5.74) is 1.28. The third-order valence-electron chi connectivity index (χ3n) is 4.96. The summed E-state index contributed by atoms with van der Waals surface area (Å²) in [6.45, 7) is 0. The number of ether oxygens (including phenoxy) is 2. The number of benzene rings is 2. The molecule has 4 aromatic rings. The van der Waals surface area contributed by atoms with Crippen LogP contribution in [0.2, 0.25) is 0 Å². The van der Waals surface area contributed by atoms with Crippen molar-refractivity contribution in [1.82, 2.24) is 19.7 Å². The zero-order valence-electron chi connectivity index (χ0n) is 19.1. The summed E-state index contributed by atoms with van der Waals surface area (Å²) >= 11 is 1.50. The number of amides is 2. The lowest BCUT2D eigenvalue weighted by molar-refractivity contribution is 0.0828. The molecule has 0 spiro atoms. The topological polar surface area (TPSA) is 98.6 Å². The van der Waals surface area contributed by atoms with Gasteiger partial charge in [0.15, 0.2) is 17.3 Å². The molecule has 0 aliphatic heterocycles. The molecule has 2 heterocycles. The highest BCUT2D eigenvalue weighted by atomic mass is 32.1. The Kier molecular flexibility index (Phi) is 6.60. The van der Waals surface area contributed by atoms with Gasteiger partial charge < -0.3 is 19.7 Å². The Bertz CT molecular complexity index is 1320. The van der Waals surface area contributed by atoms with Gasteiger partial charge in [0.05, 0.1) is 36.0 Å². The summed E-state index contributed by atoms with van der Waals surface area (Å²) < 4.78 is 12.3. The molecule has 4 rings (SSSR count). The van der Waals surface area contributed by atoms with Crippen molar-refractivity contribution < 1.29 is 19.1 Å². The van der Waals surface area contributed by atoms with Gasteiger partial charge in [0.2, 0.25) is 5.82 Å². The Hall–Kier alpha value is -4.18. The monoisotopic (exact) mass is 477 g/mol. The van der Waals surface area contributed by atoms with Crippen molar-refractivity contribution in [2.24, 2.45) is 0 Å². The molecule has 0 bridgehead atoms. The molecule has 0 atom stereocenters. The van der Waals surface area contributed by atoms with Gasteiger partial charge in [-0.15, -0.1) is 16.4 Å². The van der Waals surface area contributed by atoms with Crippen LogP contribution in [0.15, 0.2) is 60.0 Å². The molecule has 10 heteroatoms. The first-order valence-electron chi connectivity index (χ1n) is 10.3. The molecule has 0 aliphatic rings. The summed E-state index contributed by atoms with van der Waals surface area (Å²) in [5, 5.41) is 9.17. The van der Waals surface area contributed by atoms with Gasteiger partial charge in [-0.05, 0) is 29.6 Å². The molecule has 9 nitrogen and oxygen atoms in total. The van der Waals surface area contributed by atoms with Crippen molar-refractivity contribution in [3.05, 3.63) is 71.4 Å². The van der Waals surface area contributed by atoms with E-state index in [0.29, 0.717) is 17.3 Å². The third kappa shape index (κ3) is 4.48. The molecule has 0 saturated heterocycles. The SMILES string of the molecule is COc1cc(NC(=O)c2nc(-c3cccs3)n(-c3ccccc3)n2)c(C(=O)N(C)C)cc1OC. The highest BCUT2D eigenvalue weighted by Crippen LogP contribution is 2.34. The molecule has 0 radical (unpaired) electrons. The highest BCUT2D eigenvalue weighted by Gasteiger charge is 2.23. The summed E-state index contributed by atoms with van der Waals surface area (Å²) in [7, 11) is 6.21. The molecule has 0 saturated carbocycles. The van der Waals surface area contributed by atoms with Crippen LogP contribution in [-0.4, -0.2) is 59.8 Å². The fourth-order valence-corrected chi connectivity index (χ4v) is 4.00. The third-order valence-corrected chi connectivity index (χ3v) is 5.83. The van der Waals surface area contributed by atoms with Crippen LogP contribution in [0.1, 0.15) is 21.0 Å². The van der Waals surface area contributed by atoms with Crippen molar-refractivity contribution >= 4 is 28.8 Å². The second-order valence-electron chi connectivity index (χ2n) is 7.39. The van der Waals surface area contributed by atoms with E-state index in [1.807, 2.05) is 47.8 Å². The average molecular weight is 478 g/mol. The number of hydrogen-bond acceptors (Lipinski definition) is 7. The Labute approximate surface area is 200 Å². The predicted octanol–water partition coefficient (Wildman–Crippen LogP) is 3.97. The summed E-state index contributed by atoms with van der Waals surface area (Å²) in [6.07, 6.45) is 0. The summed E-state index contributed by atoms with van der Waals surface area (Å²) in [4.78, 5) is 32.8. The number of carbonyl (C=O) groups excluding carboxylic acids is 2. The lowest BCUT2D eigenvalue weighted by Gasteiger charge is -2.17. The first-order chi connectivity index (χ1) is 16.4. The van der Waals surface area contributed by atoms with E-state index in [0.717, 1.165) is 10.6 Å². The Morgan fingerprint density at radius 2 is 1.71 bits per heavy atom. The molecular weight excluding hydrogens is 454 g/mol. The molecule has 0 unspecified atom stereocenters. The van der Waals surface area contributed by atoms with E-state index < -0.39 is 5.91 Å². The van der Waals surface area contributed by atoms with E-state index in [4.69, 9.17) is 9.47 Å². The van der Waals surface area contributed by atoms with Crippen LogP contribution in [0.4, 0.5) is 5.69 Å². The number of methoxy groups -OCH3 is 2. The zero-order valence-corrected chi connectivity index (χ0v) is 19.9. The summed E-state index contributed by atoms with van der Waals surface area (Å²) in [6, 6.07) is 16.3. The number of nitrogens with one attached hydrogen (secondary N) is 1. The van der Waals surface area contributed by atoms with Gasteiger partial charge in [-0.3, -0.25) is 9.59 Å². The molecule has 174 valence electrons. The van der Waals surface area contributed by atoms with Crippen LogP contribution in [0, 0.1) is 0 Å². The fourth-order valence-electron chi connectivity index (χ4n) is 3.30. The number of para-hydroxylation sites is 1. The smallest absolute Gasteiger partial charge is 0.295 e. The van der Waals surface area contributed by atoms with Crippen molar-refractivity contribution in [1.29, 1.82) is 0 Å². The standard InChI is InChI=1S/C24H23N5O4S/c1-28(2)24(31)16-13-18(32-3)19(33-4)14-17(16)25-23(30)21-26-22(20-11-8-12-34-20)29(27-21)15-9-6-5-7-10-15/h5-14H,1-4H3,(H,25,30). The minimum atomic E-state index is -0.562. The van der Waals surface area contributed by atoms with E-state index in [1.165, 1.54) is 36.5 Å². The van der Waals surface area contributed by atoms with E-state index >= 15 is 0 Å². The first-order valence-corrected chi connectivity index (χ1v) is 11.2. The van der Waals surface area contributed by atoms with Crippen molar-refractivity contribution in [3.63, 3.8) is 0 Å². The minimum Gasteiger partial charge on any atom is -0.493 e. The van der Waals surface area contributed by atoms with Gasteiger partial charge >= 0.3 is 0 Å². The van der Waals surface area contributed by atoms with Crippen molar-refractivity contribution in [2.45, 2.75) is 0 Å². The van der Waals surface area contributed by atoms with E-state index in [1.54, 1.807) is 24.8 Å². The Balaban J connectivity index is 1.76. The van der Waals surface area contributed by atoms with Crippen molar-refractivity contribution in [2.75, 3.05) is 33.6 Å². The van der Waals surface area contributed by atoms with Crippen LogP contribution in [-0.2, 0) is 0 Å². The maximum atomic E-state index is 13.2. The number of thiophene rings is 1. The second kappa shape index (κ2) is 9.75. The van der Waals surface area contributed by atoms with E-state index in [-0.39, 0.29) is 23.0 Å². The van der Waals surface area contributed by atoms with Gasteiger partial charge in [0, 0.05) is 20.2 Å². The van der Waals surface area contributed by atoms with E-state index in [9.17, 15) is 9.59 Å². The number of rotatable bonds is 7. The van der Waals surface area contributed by atoms with Gasteiger partial charge in [0.25, 0.3) is 11.8 Å². The quantitative estimate of drug-likeness (QED) is 0.433. The molecule has 34 heavy (non-hydrogen) atoms. The average Bonchev–Trinajstić information content (AvgIpc) is 3.54. The van der Waals surface area contributed by atoms with Gasteiger partial charge in [-0.2, -0.15) is 0 Å². The normalized spacial score (nSPS) is 10.6. The molecular formula is C24H23N5O4S. The van der Waals surface area contributed by atoms with Crippen molar-refractivity contribution in [3.8, 4) is 27.9 Å². The maximum Gasteiger partial charge on any atom is 0.295 e. The van der Waals surface area contributed by atoms with Crippen LogP contribution >= 0.6 is 11.3 Å². The van der Waals surface area contributed by atoms with Crippen LogP contribution in [0.5, 0.6) is 11.5 Å². The lowest BCUT2D eigenvalue weighted by atomic mass is 10.1. The predicted molar refractivity (Wildman–Crippen MR) is 130 cm³/mol. The van der Waals surface area contributed by atoms with Gasteiger partial charge in [-0.25, -0.2) is 9.67 Å². The molecule has 0 fully saturated rings. The maximum absolute atomic E-state index is 13.2. The molecule has 2 aromatic heterocycles. The lowest BCUT2D eigenvalue weighted by Crippen LogP contribution is -2.24. The van der Waals surface area contributed by atoms with Crippen LogP contribution < -0.4 is 14.8 Å². The largest absolute Gasteiger partial charge is 0.493 e. The number of nitrogens with zero attached hydrogens (tertiary/aromatic N) is 4. The Morgan fingerprint density at radius 1 is 1.00 bits per heavy atom. The molecule has 2 aromatic carbocycles. The van der Waals surface area contributed by atoms with Crippen LogP contribution in [0.3, 0.4) is 0 Å². The van der Waals surface area contributed by atoms with Gasteiger partial charge in [-0.1, -0.05) is 24.3 Å². The number of hydrogen-bond donors (Lipinski definition) is 1. The van der Waals surface area contributed by atoms with E-state index in [2.05, 4.69) is 15.4 Å². The zero-order chi connectivity index (χ0) is 24.2. The fraction of sp³-hybridized carbons (Fsp3) is 0.167. The van der Waals surface area contributed by atoms with Gasteiger partial charge in [0.1, 0.15) is 0 Å². The second-order valence-corrected chi connectivity index (χ2v) is 8.34. The minimum absolute atomic E-state index is 0.0368. The molecule has 1 N–H and O–H groups in total. The first kappa shape index (κ1) is 23.0. The number of anilines is 1. The molecule has 0 aliphatic carbocycles. The number of carbonyl (C=O) groups is 2. The Morgan fingerprint density at radius 3 is 2.32 bits per heavy atom. The highest BCUT2D eigenvalue weighted by molar-refractivity contribution is 7.13. The summed E-state index contributed by atoms with van der Waals surface area (Å²) in [5.74, 6) is 0.381.